The number of amides is 2. The molecule has 2 atom stereocenters. The van der Waals surface area contributed by atoms with E-state index in [4.69, 9.17) is 0 Å². The molecular formula is C13H17FN2O2. The van der Waals surface area contributed by atoms with Crippen molar-refractivity contribution >= 4 is 11.7 Å². The number of benzene rings is 1. The van der Waals surface area contributed by atoms with Crippen LogP contribution >= 0.6 is 0 Å². The van der Waals surface area contributed by atoms with E-state index >= 15 is 0 Å². The monoisotopic (exact) mass is 252 g/mol. The van der Waals surface area contributed by atoms with E-state index in [1.54, 1.807) is 4.90 Å². The molecular weight excluding hydrogens is 235 g/mol. The summed E-state index contributed by atoms with van der Waals surface area (Å²) in [6, 6.07) is 5.35. The number of aliphatic hydroxyl groups excluding tert-OH is 1. The minimum absolute atomic E-state index is 0.222. The second-order valence-corrected chi connectivity index (χ2v) is 4.72. The maximum absolute atomic E-state index is 12.7. The van der Waals surface area contributed by atoms with Crippen molar-refractivity contribution in [1.29, 1.82) is 0 Å². The molecule has 0 spiro atoms. The standard InChI is InChI=1S/C13H17FN2O2/c1-9-6-7-16(8-12(9)17)13(18)15-11-4-2-10(14)3-5-11/h2-5,9,12,17H,6-8H2,1H3,(H,15,18). The maximum atomic E-state index is 12.7. The smallest absolute Gasteiger partial charge is 0.321 e. The summed E-state index contributed by atoms with van der Waals surface area (Å²) < 4.78 is 12.7. The second-order valence-electron chi connectivity index (χ2n) is 4.72. The molecule has 1 saturated heterocycles. The Morgan fingerprint density at radius 1 is 1.44 bits per heavy atom. The predicted octanol–water partition coefficient (Wildman–Crippen LogP) is 2.06. The van der Waals surface area contributed by atoms with Crippen LogP contribution in [0, 0.1) is 11.7 Å². The van der Waals surface area contributed by atoms with Crippen LogP contribution in [0.1, 0.15) is 13.3 Å². The van der Waals surface area contributed by atoms with Crippen LogP contribution in [0.5, 0.6) is 0 Å². The van der Waals surface area contributed by atoms with Crippen molar-refractivity contribution in [3.05, 3.63) is 30.1 Å². The molecule has 0 radical (unpaired) electrons. The lowest BCUT2D eigenvalue weighted by atomic mass is 9.96. The molecule has 2 unspecified atom stereocenters. The van der Waals surface area contributed by atoms with E-state index in [0.717, 1.165) is 6.42 Å². The number of piperidine rings is 1. The molecule has 1 fully saturated rings. The zero-order valence-electron chi connectivity index (χ0n) is 10.3. The summed E-state index contributed by atoms with van der Waals surface area (Å²) in [5, 5.41) is 12.4. The summed E-state index contributed by atoms with van der Waals surface area (Å²) in [6.07, 6.45) is 0.315. The Labute approximate surface area is 105 Å². The molecule has 1 aliphatic heterocycles. The van der Waals surface area contributed by atoms with Gasteiger partial charge in [0.15, 0.2) is 0 Å². The number of anilines is 1. The molecule has 18 heavy (non-hydrogen) atoms. The topological polar surface area (TPSA) is 52.6 Å². The van der Waals surface area contributed by atoms with Crippen LogP contribution in [-0.4, -0.2) is 35.2 Å². The van der Waals surface area contributed by atoms with Gasteiger partial charge in [-0.2, -0.15) is 0 Å². The van der Waals surface area contributed by atoms with Crippen LogP contribution in [-0.2, 0) is 0 Å². The highest BCUT2D eigenvalue weighted by atomic mass is 19.1. The molecule has 0 aromatic heterocycles. The highest BCUT2D eigenvalue weighted by Crippen LogP contribution is 2.18. The lowest BCUT2D eigenvalue weighted by Crippen LogP contribution is -2.47. The van der Waals surface area contributed by atoms with E-state index < -0.39 is 6.10 Å². The number of urea groups is 1. The summed E-state index contributed by atoms with van der Waals surface area (Å²) in [6.45, 7) is 2.94. The Morgan fingerprint density at radius 3 is 2.72 bits per heavy atom. The summed E-state index contributed by atoms with van der Waals surface area (Å²) in [5.41, 5.74) is 0.550. The van der Waals surface area contributed by atoms with Crippen molar-refractivity contribution in [2.24, 2.45) is 5.92 Å². The van der Waals surface area contributed by atoms with E-state index in [1.807, 2.05) is 6.92 Å². The molecule has 0 saturated carbocycles. The van der Waals surface area contributed by atoms with Crippen molar-refractivity contribution in [3.63, 3.8) is 0 Å². The van der Waals surface area contributed by atoms with Gasteiger partial charge in [0, 0.05) is 18.8 Å². The molecule has 1 aromatic carbocycles. The molecule has 5 heteroatoms. The molecule has 2 rings (SSSR count). The molecule has 1 heterocycles. The van der Waals surface area contributed by atoms with Gasteiger partial charge in [-0.15, -0.1) is 0 Å². The highest BCUT2D eigenvalue weighted by Gasteiger charge is 2.27. The first-order valence-corrected chi connectivity index (χ1v) is 6.06. The van der Waals surface area contributed by atoms with E-state index in [-0.39, 0.29) is 17.8 Å². The van der Waals surface area contributed by atoms with Gasteiger partial charge in [-0.1, -0.05) is 6.92 Å². The van der Waals surface area contributed by atoms with Crippen molar-refractivity contribution < 1.29 is 14.3 Å². The van der Waals surface area contributed by atoms with Crippen LogP contribution in [0.15, 0.2) is 24.3 Å². The van der Waals surface area contributed by atoms with Crippen molar-refractivity contribution in [1.82, 2.24) is 4.90 Å². The average Bonchev–Trinajstić information content (AvgIpc) is 2.35. The summed E-state index contributed by atoms with van der Waals surface area (Å²) >= 11 is 0. The number of β-amino-alcohol motifs (C(OH)–C–C–N with tert-alkyl or cyclic N) is 1. The molecule has 4 nitrogen and oxygen atoms in total. The first-order valence-electron chi connectivity index (χ1n) is 6.06. The molecule has 0 aliphatic carbocycles. The molecule has 98 valence electrons. The number of nitrogens with one attached hydrogen (secondary N) is 1. The first kappa shape index (κ1) is 12.8. The lowest BCUT2D eigenvalue weighted by Gasteiger charge is -2.34. The van der Waals surface area contributed by atoms with E-state index in [2.05, 4.69) is 5.32 Å². The second kappa shape index (κ2) is 5.35. The number of hydrogen-bond acceptors (Lipinski definition) is 2. The number of rotatable bonds is 1. The zero-order valence-corrected chi connectivity index (χ0v) is 10.3. The minimum Gasteiger partial charge on any atom is -0.391 e. The third kappa shape index (κ3) is 2.98. The maximum Gasteiger partial charge on any atom is 0.321 e. The Kier molecular flexibility index (Phi) is 3.81. The number of carbonyl (C=O) groups is 1. The van der Waals surface area contributed by atoms with Gasteiger partial charge in [0.05, 0.1) is 6.10 Å². The number of nitrogens with zero attached hydrogens (tertiary/aromatic N) is 1. The molecule has 0 bridgehead atoms. The van der Waals surface area contributed by atoms with Gasteiger partial charge < -0.3 is 15.3 Å². The van der Waals surface area contributed by atoms with Crippen molar-refractivity contribution in [3.8, 4) is 0 Å². The van der Waals surface area contributed by atoms with Crippen LogP contribution < -0.4 is 5.32 Å². The Morgan fingerprint density at radius 2 is 2.11 bits per heavy atom. The molecule has 1 aromatic rings. The largest absolute Gasteiger partial charge is 0.391 e. The van der Waals surface area contributed by atoms with E-state index in [0.29, 0.717) is 18.8 Å². The number of carbonyl (C=O) groups excluding carboxylic acids is 1. The van der Waals surface area contributed by atoms with Gasteiger partial charge in [-0.05, 0) is 36.6 Å². The lowest BCUT2D eigenvalue weighted by molar-refractivity contribution is 0.0464. The fraction of sp³-hybridized carbons (Fsp3) is 0.462. The van der Waals surface area contributed by atoms with E-state index in [1.165, 1.54) is 24.3 Å². The fourth-order valence-corrected chi connectivity index (χ4v) is 1.97. The van der Waals surface area contributed by atoms with Gasteiger partial charge in [0.25, 0.3) is 0 Å². The van der Waals surface area contributed by atoms with Gasteiger partial charge >= 0.3 is 6.03 Å². The number of aliphatic hydroxyl groups is 1. The number of likely N-dealkylation sites (tertiary alicyclic amines) is 1. The quantitative estimate of drug-likeness (QED) is 0.803. The molecule has 1 aliphatic rings. The Hall–Kier alpha value is -1.62. The third-order valence-corrected chi connectivity index (χ3v) is 3.30. The molecule has 2 amide bonds. The van der Waals surface area contributed by atoms with Gasteiger partial charge in [0.1, 0.15) is 5.82 Å². The number of halogens is 1. The predicted molar refractivity (Wildman–Crippen MR) is 66.8 cm³/mol. The Bertz CT molecular complexity index is 422. The highest BCUT2D eigenvalue weighted by molar-refractivity contribution is 5.89. The van der Waals surface area contributed by atoms with Crippen molar-refractivity contribution in [2.45, 2.75) is 19.4 Å². The van der Waals surface area contributed by atoms with Gasteiger partial charge in [-0.25, -0.2) is 9.18 Å². The van der Waals surface area contributed by atoms with Gasteiger partial charge in [-0.3, -0.25) is 0 Å². The van der Waals surface area contributed by atoms with Gasteiger partial charge in [0.2, 0.25) is 0 Å². The van der Waals surface area contributed by atoms with Crippen molar-refractivity contribution in [2.75, 3.05) is 18.4 Å². The van der Waals surface area contributed by atoms with Crippen LogP contribution in [0.25, 0.3) is 0 Å². The van der Waals surface area contributed by atoms with E-state index in [9.17, 15) is 14.3 Å². The average molecular weight is 252 g/mol. The fourth-order valence-electron chi connectivity index (χ4n) is 1.97. The van der Waals surface area contributed by atoms with Crippen LogP contribution in [0.3, 0.4) is 0 Å². The van der Waals surface area contributed by atoms with Crippen LogP contribution in [0.2, 0.25) is 0 Å². The number of hydrogen-bond donors (Lipinski definition) is 2. The first-order chi connectivity index (χ1) is 8.56. The normalized spacial score (nSPS) is 23.8. The summed E-state index contributed by atoms with van der Waals surface area (Å²) in [7, 11) is 0. The summed E-state index contributed by atoms with van der Waals surface area (Å²) in [4.78, 5) is 13.5. The van der Waals surface area contributed by atoms with Crippen LogP contribution in [0.4, 0.5) is 14.9 Å². The minimum atomic E-state index is -0.474. The third-order valence-electron chi connectivity index (χ3n) is 3.30. The Balaban J connectivity index is 1.94. The summed E-state index contributed by atoms with van der Waals surface area (Å²) in [5.74, 6) is -0.116. The SMILES string of the molecule is CC1CCN(C(=O)Nc2ccc(F)cc2)CC1O. The molecule has 2 N–H and O–H groups in total. The zero-order chi connectivity index (χ0) is 13.1.